The number of carbonyl (C=O) groups excluding carboxylic acids is 1. The van der Waals surface area contributed by atoms with Crippen LogP contribution >= 0.6 is 0 Å². The lowest BCUT2D eigenvalue weighted by Gasteiger charge is -2.16. The van der Waals surface area contributed by atoms with Crippen molar-refractivity contribution in [3.63, 3.8) is 0 Å². The fourth-order valence-corrected chi connectivity index (χ4v) is 2.19. The molecule has 1 aromatic carbocycles. The molecule has 1 aromatic rings. The first kappa shape index (κ1) is 12.5. The van der Waals surface area contributed by atoms with E-state index in [4.69, 9.17) is 5.73 Å². The molecule has 1 aliphatic rings. The van der Waals surface area contributed by atoms with Crippen LogP contribution in [0.3, 0.4) is 0 Å². The van der Waals surface area contributed by atoms with Crippen molar-refractivity contribution in [2.24, 2.45) is 11.7 Å². The number of carbonyl (C=O) groups is 1. The van der Waals surface area contributed by atoms with E-state index >= 15 is 0 Å². The molecule has 1 saturated heterocycles. The summed E-state index contributed by atoms with van der Waals surface area (Å²) in [5, 5.41) is 10.9. The summed E-state index contributed by atoms with van der Waals surface area (Å²) in [6, 6.07) is 6.04. The van der Waals surface area contributed by atoms with Gasteiger partial charge in [0.25, 0.3) is 11.6 Å². The fourth-order valence-electron chi connectivity index (χ4n) is 2.19. The van der Waals surface area contributed by atoms with Crippen molar-refractivity contribution in [1.82, 2.24) is 4.90 Å². The van der Waals surface area contributed by atoms with E-state index in [1.165, 1.54) is 12.1 Å². The molecule has 1 heterocycles. The summed E-state index contributed by atoms with van der Waals surface area (Å²) in [7, 11) is 0. The second-order valence-electron chi connectivity index (χ2n) is 4.42. The van der Waals surface area contributed by atoms with Gasteiger partial charge in [-0.3, -0.25) is 14.9 Å². The molecule has 0 radical (unpaired) electrons. The average molecular weight is 249 g/mol. The standard InChI is InChI=1S/C12H15N3O3/c13-7-9-5-6-14(8-9)12(16)10-3-1-2-4-11(10)15(17)18/h1-4,9H,5-8,13H2. The molecule has 2 rings (SSSR count). The molecule has 0 aromatic heterocycles. The predicted octanol–water partition coefficient (Wildman–Crippen LogP) is 1.02. The number of nitro groups is 1. The number of amides is 1. The van der Waals surface area contributed by atoms with E-state index in [-0.39, 0.29) is 17.2 Å². The van der Waals surface area contributed by atoms with Crippen LogP contribution in [0.4, 0.5) is 5.69 Å². The minimum Gasteiger partial charge on any atom is -0.338 e. The van der Waals surface area contributed by atoms with Gasteiger partial charge in [-0.15, -0.1) is 0 Å². The Morgan fingerprint density at radius 2 is 2.22 bits per heavy atom. The van der Waals surface area contributed by atoms with Gasteiger partial charge in [-0.2, -0.15) is 0 Å². The van der Waals surface area contributed by atoms with E-state index in [2.05, 4.69) is 0 Å². The smallest absolute Gasteiger partial charge is 0.282 e. The van der Waals surface area contributed by atoms with Gasteiger partial charge in [0.15, 0.2) is 0 Å². The minimum absolute atomic E-state index is 0.140. The van der Waals surface area contributed by atoms with Gasteiger partial charge in [0.2, 0.25) is 0 Å². The Labute approximate surface area is 105 Å². The summed E-state index contributed by atoms with van der Waals surface area (Å²) in [5.41, 5.74) is 5.58. The van der Waals surface area contributed by atoms with Crippen LogP contribution in [-0.2, 0) is 0 Å². The maximum Gasteiger partial charge on any atom is 0.282 e. The SMILES string of the molecule is NCC1CCN(C(=O)c2ccccc2[N+](=O)[O-])C1. The van der Waals surface area contributed by atoms with E-state index in [0.717, 1.165) is 6.42 Å². The topological polar surface area (TPSA) is 89.5 Å². The molecular formula is C12H15N3O3. The molecule has 96 valence electrons. The number of para-hydroxylation sites is 1. The Morgan fingerprint density at radius 1 is 1.50 bits per heavy atom. The summed E-state index contributed by atoms with van der Waals surface area (Å²) in [6.45, 7) is 1.74. The Kier molecular flexibility index (Phi) is 3.57. The second-order valence-corrected chi connectivity index (χ2v) is 4.42. The van der Waals surface area contributed by atoms with E-state index in [1.807, 2.05) is 0 Å². The van der Waals surface area contributed by atoms with E-state index in [0.29, 0.717) is 25.6 Å². The second kappa shape index (κ2) is 5.14. The monoisotopic (exact) mass is 249 g/mol. The zero-order valence-electron chi connectivity index (χ0n) is 9.91. The molecular weight excluding hydrogens is 234 g/mol. The first-order chi connectivity index (χ1) is 8.63. The zero-order valence-corrected chi connectivity index (χ0v) is 9.91. The molecule has 6 heteroatoms. The first-order valence-corrected chi connectivity index (χ1v) is 5.86. The number of nitrogens with two attached hydrogens (primary N) is 1. The van der Waals surface area contributed by atoms with Gasteiger partial charge in [-0.1, -0.05) is 12.1 Å². The van der Waals surface area contributed by atoms with E-state index in [1.54, 1.807) is 17.0 Å². The zero-order chi connectivity index (χ0) is 13.1. The van der Waals surface area contributed by atoms with E-state index in [9.17, 15) is 14.9 Å². The van der Waals surface area contributed by atoms with Crippen molar-refractivity contribution in [3.05, 3.63) is 39.9 Å². The third kappa shape index (κ3) is 2.33. The number of benzene rings is 1. The molecule has 0 spiro atoms. The Morgan fingerprint density at radius 3 is 2.83 bits per heavy atom. The van der Waals surface area contributed by atoms with Crippen LogP contribution in [0.2, 0.25) is 0 Å². The third-order valence-corrected chi connectivity index (χ3v) is 3.24. The van der Waals surface area contributed by atoms with Crippen molar-refractivity contribution in [1.29, 1.82) is 0 Å². The Balaban J connectivity index is 2.22. The average Bonchev–Trinajstić information content (AvgIpc) is 2.86. The summed E-state index contributed by atoms with van der Waals surface area (Å²) in [4.78, 5) is 24.2. The number of nitrogens with zero attached hydrogens (tertiary/aromatic N) is 2. The van der Waals surface area contributed by atoms with Crippen molar-refractivity contribution < 1.29 is 9.72 Å². The minimum atomic E-state index is -0.524. The van der Waals surface area contributed by atoms with Gasteiger partial charge in [-0.05, 0) is 24.9 Å². The van der Waals surface area contributed by atoms with Crippen LogP contribution < -0.4 is 5.73 Å². The van der Waals surface area contributed by atoms with Gasteiger partial charge in [0.05, 0.1) is 4.92 Å². The molecule has 0 saturated carbocycles. The fraction of sp³-hybridized carbons (Fsp3) is 0.417. The van der Waals surface area contributed by atoms with Crippen LogP contribution in [0.25, 0.3) is 0 Å². The Bertz CT molecular complexity index is 475. The highest BCUT2D eigenvalue weighted by atomic mass is 16.6. The molecule has 1 atom stereocenters. The maximum atomic E-state index is 12.2. The molecule has 0 bridgehead atoms. The predicted molar refractivity (Wildman–Crippen MR) is 66.2 cm³/mol. The Hall–Kier alpha value is -1.95. The summed E-state index contributed by atoms with van der Waals surface area (Å²) >= 11 is 0. The highest BCUT2D eigenvalue weighted by molar-refractivity contribution is 5.98. The summed E-state index contributed by atoms with van der Waals surface area (Å²) in [5.74, 6) is 0.0231. The quantitative estimate of drug-likeness (QED) is 0.639. The van der Waals surface area contributed by atoms with Crippen molar-refractivity contribution in [2.45, 2.75) is 6.42 Å². The van der Waals surface area contributed by atoms with Crippen LogP contribution in [0.15, 0.2) is 24.3 Å². The molecule has 18 heavy (non-hydrogen) atoms. The summed E-state index contributed by atoms with van der Waals surface area (Å²) < 4.78 is 0. The lowest BCUT2D eigenvalue weighted by Crippen LogP contribution is -2.30. The largest absolute Gasteiger partial charge is 0.338 e. The van der Waals surface area contributed by atoms with Gasteiger partial charge >= 0.3 is 0 Å². The highest BCUT2D eigenvalue weighted by Crippen LogP contribution is 2.23. The van der Waals surface area contributed by atoms with Gasteiger partial charge in [0.1, 0.15) is 5.56 Å². The van der Waals surface area contributed by atoms with Crippen molar-refractivity contribution in [2.75, 3.05) is 19.6 Å². The third-order valence-electron chi connectivity index (χ3n) is 3.24. The molecule has 1 aliphatic heterocycles. The number of likely N-dealkylation sites (tertiary alicyclic amines) is 1. The number of nitro benzene ring substituents is 1. The number of hydrogen-bond acceptors (Lipinski definition) is 4. The molecule has 2 N–H and O–H groups in total. The molecule has 6 nitrogen and oxygen atoms in total. The van der Waals surface area contributed by atoms with Crippen molar-refractivity contribution >= 4 is 11.6 Å². The van der Waals surface area contributed by atoms with Crippen molar-refractivity contribution in [3.8, 4) is 0 Å². The number of hydrogen-bond donors (Lipinski definition) is 1. The maximum absolute atomic E-state index is 12.2. The van der Waals surface area contributed by atoms with E-state index < -0.39 is 4.92 Å². The molecule has 1 fully saturated rings. The van der Waals surface area contributed by atoms with Crippen LogP contribution in [0.1, 0.15) is 16.8 Å². The lowest BCUT2D eigenvalue weighted by molar-refractivity contribution is -0.385. The normalized spacial score (nSPS) is 18.9. The summed E-state index contributed by atoms with van der Waals surface area (Å²) in [6.07, 6.45) is 0.864. The molecule has 1 amide bonds. The highest BCUT2D eigenvalue weighted by Gasteiger charge is 2.29. The van der Waals surface area contributed by atoms with Gasteiger partial charge in [-0.25, -0.2) is 0 Å². The number of rotatable bonds is 3. The lowest BCUT2D eigenvalue weighted by atomic mass is 10.1. The van der Waals surface area contributed by atoms with Gasteiger partial charge < -0.3 is 10.6 Å². The molecule has 1 unspecified atom stereocenters. The van der Waals surface area contributed by atoms with Gasteiger partial charge in [0, 0.05) is 19.2 Å². The van der Waals surface area contributed by atoms with Crippen LogP contribution in [-0.4, -0.2) is 35.4 Å². The van der Waals surface area contributed by atoms with Crippen LogP contribution in [0, 0.1) is 16.0 Å². The molecule has 0 aliphatic carbocycles. The van der Waals surface area contributed by atoms with Crippen LogP contribution in [0.5, 0.6) is 0 Å². The first-order valence-electron chi connectivity index (χ1n) is 5.86.